The second-order valence-electron chi connectivity index (χ2n) is 14.3. The predicted molar refractivity (Wildman–Crippen MR) is 165 cm³/mol. The lowest BCUT2D eigenvalue weighted by Gasteiger charge is -2.59. The van der Waals surface area contributed by atoms with E-state index in [2.05, 4.69) is 52.5 Å². The van der Waals surface area contributed by atoms with Crippen LogP contribution < -0.4 is 10.1 Å². The first-order valence-corrected chi connectivity index (χ1v) is 15.9. The topological polar surface area (TPSA) is 84.4 Å². The zero-order valence-corrected chi connectivity index (χ0v) is 25.8. The molecule has 3 heterocycles. The van der Waals surface area contributed by atoms with Crippen LogP contribution in [0.1, 0.15) is 71.6 Å². The number of hydrogen-bond donors (Lipinski definition) is 2. The van der Waals surface area contributed by atoms with Crippen LogP contribution in [0.5, 0.6) is 5.75 Å². The summed E-state index contributed by atoms with van der Waals surface area (Å²) in [6.07, 6.45) is 3.18. The molecule has 2 spiro atoms. The summed E-state index contributed by atoms with van der Waals surface area (Å²) in [5.41, 5.74) is 5.27. The Hall–Kier alpha value is -3.55. The van der Waals surface area contributed by atoms with E-state index in [0.29, 0.717) is 18.7 Å². The number of aromatic amines is 1. The Bertz CT molecular complexity index is 1620. The van der Waals surface area contributed by atoms with Gasteiger partial charge < -0.3 is 15.0 Å². The molecule has 10 heteroatoms. The molecule has 2 N–H and O–H groups in total. The fourth-order valence-electron chi connectivity index (χ4n) is 8.87. The van der Waals surface area contributed by atoms with Gasteiger partial charge in [0.15, 0.2) is 0 Å². The number of methoxy groups -OCH3 is 1. The molecular formula is C35H40F3N5O2. The zero-order valence-electron chi connectivity index (χ0n) is 25.8. The van der Waals surface area contributed by atoms with Gasteiger partial charge in [-0.3, -0.25) is 14.6 Å². The fourth-order valence-corrected chi connectivity index (χ4v) is 8.87. The van der Waals surface area contributed by atoms with Crippen LogP contribution in [0.3, 0.4) is 0 Å². The third-order valence-corrected chi connectivity index (χ3v) is 11.0. The van der Waals surface area contributed by atoms with E-state index < -0.39 is 12.7 Å². The minimum absolute atomic E-state index is 0.000335. The monoisotopic (exact) mass is 619 g/mol. The molecule has 2 saturated carbocycles. The number of aromatic nitrogens is 1. The average molecular weight is 620 g/mol. The minimum Gasteiger partial charge on any atom is -0.496 e. The number of amides is 1. The average Bonchev–Trinajstić information content (AvgIpc) is 3.45. The van der Waals surface area contributed by atoms with Crippen molar-refractivity contribution in [2.24, 2.45) is 16.7 Å². The van der Waals surface area contributed by atoms with E-state index in [1.54, 1.807) is 7.11 Å². The quantitative estimate of drug-likeness (QED) is 0.316. The van der Waals surface area contributed by atoms with Gasteiger partial charge in [-0.05, 0) is 98.2 Å². The van der Waals surface area contributed by atoms with Crippen LogP contribution in [0.2, 0.25) is 0 Å². The number of benzene rings is 2. The predicted octanol–water partition coefficient (Wildman–Crippen LogP) is 6.50. The highest BCUT2D eigenvalue weighted by Gasteiger charge is 2.54. The first-order valence-electron chi connectivity index (χ1n) is 15.9. The van der Waals surface area contributed by atoms with E-state index >= 15 is 0 Å². The molecule has 7 nitrogen and oxygen atoms in total. The summed E-state index contributed by atoms with van der Waals surface area (Å²) in [4.78, 5) is 20.4. The van der Waals surface area contributed by atoms with Crippen molar-refractivity contribution < 1.29 is 22.7 Å². The van der Waals surface area contributed by atoms with Gasteiger partial charge in [0.2, 0.25) is 0 Å². The number of likely N-dealkylation sites (tertiary alicyclic amines) is 2. The lowest BCUT2D eigenvalue weighted by molar-refractivity contribution is -0.181. The first-order chi connectivity index (χ1) is 21.5. The summed E-state index contributed by atoms with van der Waals surface area (Å²) in [6, 6.07) is 14.7. The summed E-state index contributed by atoms with van der Waals surface area (Å²) in [7, 11) is 1.72. The normalized spacial score (nSPS) is 23.3. The maximum atomic E-state index is 13.1. The molecule has 0 bridgehead atoms. The Morgan fingerprint density at radius 2 is 1.84 bits per heavy atom. The molecule has 2 aliphatic carbocycles. The summed E-state index contributed by atoms with van der Waals surface area (Å²) in [6.45, 7) is 3.77. The number of rotatable bonds is 7. The molecule has 4 fully saturated rings. The van der Waals surface area contributed by atoms with E-state index in [1.165, 1.54) is 10.3 Å². The van der Waals surface area contributed by atoms with Crippen LogP contribution in [0, 0.1) is 35.0 Å². The molecule has 238 valence electrons. The number of halogens is 3. The van der Waals surface area contributed by atoms with Crippen LogP contribution in [-0.4, -0.2) is 66.2 Å². The van der Waals surface area contributed by atoms with Crippen LogP contribution in [0.4, 0.5) is 13.2 Å². The third-order valence-electron chi connectivity index (χ3n) is 11.0. The molecule has 2 aromatic carbocycles. The number of fused-ring (bicyclic) bond motifs is 1. The molecule has 4 aliphatic rings. The molecule has 2 saturated heterocycles. The molecule has 1 aromatic heterocycles. The number of carbonyl (C=O) groups is 1. The van der Waals surface area contributed by atoms with Gasteiger partial charge in [-0.2, -0.15) is 18.4 Å². The van der Waals surface area contributed by atoms with Crippen molar-refractivity contribution in [1.29, 1.82) is 5.26 Å². The molecule has 0 radical (unpaired) electrons. The molecular weight excluding hydrogens is 579 g/mol. The Morgan fingerprint density at radius 3 is 2.51 bits per heavy atom. The number of nitrogens with zero attached hydrogens (tertiary/aromatic N) is 3. The van der Waals surface area contributed by atoms with E-state index in [0.717, 1.165) is 79.6 Å². The molecule has 1 unspecified atom stereocenters. The molecule has 2 aliphatic heterocycles. The first kappa shape index (κ1) is 30.1. The van der Waals surface area contributed by atoms with Crippen LogP contribution in [0.15, 0.2) is 42.6 Å². The van der Waals surface area contributed by atoms with Gasteiger partial charge in [0, 0.05) is 65.9 Å². The zero-order chi connectivity index (χ0) is 31.6. The SMILES string of the molecule is COc1cc(C)c2[nH]ccc2c1CN1CCC2(CC(C#N)C2)CC1c1ccc(C(=O)NC2CC3(C2)CN(CC(F)(F)F)C3)cc1. The second-order valence-corrected chi connectivity index (χ2v) is 14.3. The van der Waals surface area contributed by atoms with Crippen LogP contribution in [0.25, 0.3) is 10.9 Å². The van der Waals surface area contributed by atoms with Crippen molar-refractivity contribution in [2.75, 3.05) is 33.3 Å². The van der Waals surface area contributed by atoms with Crippen LogP contribution in [-0.2, 0) is 6.54 Å². The Labute approximate surface area is 261 Å². The molecule has 45 heavy (non-hydrogen) atoms. The minimum atomic E-state index is -4.17. The highest BCUT2D eigenvalue weighted by atomic mass is 19.4. The second kappa shape index (κ2) is 11.1. The van der Waals surface area contributed by atoms with Crippen molar-refractivity contribution >= 4 is 16.8 Å². The largest absolute Gasteiger partial charge is 0.496 e. The number of piperidine rings is 1. The summed E-state index contributed by atoms with van der Waals surface area (Å²) < 4.78 is 43.8. The van der Waals surface area contributed by atoms with E-state index in [-0.39, 0.29) is 34.7 Å². The maximum Gasteiger partial charge on any atom is 0.401 e. The lowest BCUT2D eigenvalue weighted by atomic mass is 9.56. The van der Waals surface area contributed by atoms with E-state index in [9.17, 15) is 23.2 Å². The van der Waals surface area contributed by atoms with Gasteiger partial charge in [-0.15, -0.1) is 0 Å². The highest BCUT2D eigenvalue weighted by molar-refractivity contribution is 5.94. The van der Waals surface area contributed by atoms with Gasteiger partial charge in [0.25, 0.3) is 5.91 Å². The van der Waals surface area contributed by atoms with Crippen molar-refractivity contribution in [3.63, 3.8) is 0 Å². The molecule has 7 rings (SSSR count). The van der Waals surface area contributed by atoms with Crippen molar-refractivity contribution in [2.45, 2.75) is 70.3 Å². The standard InChI is InChI=1S/C35H40F3N5O2/c1-22-11-30(45-2)28(27-7-9-40-31(22)27)18-43-10-8-33(12-23(13-33)17-39)16-29(43)24-3-5-25(6-4-24)32(44)41-26-14-34(15-26)19-42(20-34)21-35(36,37)38/h3-7,9,11,23,26,29,40H,8,10,12-16,18-21H2,1-2H3,(H,41,44). The highest BCUT2D eigenvalue weighted by Crippen LogP contribution is 2.57. The van der Waals surface area contributed by atoms with Gasteiger partial charge in [0.1, 0.15) is 5.75 Å². The molecule has 3 aromatic rings. The van der Waals surface area contributed by atoms with Gasteiger partial charge in [-0.25, -0.2) is 0 Å². The third kappa shape index (κ3) is 5.70. The number of aryl methyl sites for hydroxylation is 1. The molecule has 1 amide bonds. The van der Waals surface area contributed by atoms with Crippen molar-refractivity contribution in [1.82, 2.24) is 20.1 Å². The number of ether oxygens (including phenoxy) is 1. The van der Waals surface area contributed by atoms with Crippen molar-refractivity contribution in [3.05, 3.63) is 64.8 Å². The number of nitrogens with one attached hydrogen (secondary N) is 2. The summed E-state index contributed by atoms with van der Waals surface area (Å²) >= 11 is 0. The van der Waals surface area contributed by atoms with E-state index in [1.807, 2.05) is 18.3 Å². The van der Waals surface area contributed by atoms with Crippen molar-refractivity contribution in [3.8, 4) is 11.8 Å². The maximum absolute atomic E-state index is 13.1. The Balaban J connectivity index is 1.05. The van der Waals surface area contributed by atoms with E-state index in [4.69, 9.17) is 4.74 Å². The summed E-state index contributed by atoms with van der Waals surface area (Å²) in [5, 5.41) is 13.8. The number of hydrogen-bond acceptors (Lipinski definition) is 5. The smallest absolute Gasteiger partial charge is 0.401 e. The van der Waals surface area contributed by atoms with Gasteiger partial charge in [-0.1, -0.05) is 12.1 Å². The fraction of sp³-hybridized carbons (Fsp3) is 0.543. The number of H-pyrrole nitrogens is 1. The van der Waals surface area contributed by atoms with Gasteiger partial charge >= 0.3 is 6.18 Å². The molecule has 1 atom stereocenters. The number of alkyl halides is 3. The lowest BCUT2D eigenvalue weighted by Crippen LogP contribution is -2.67. The summed E-state index contributed by atoms with van der Waals surface area (Å²) in [5.74, 6) is 0.879. The Kier molecular flexibility index (Phi) is 7.40. The number of carbonyl (C=O) groups excluding carboxylic acids is 1. The Morgan fingerprint density at radius 1 is 1.11 bits per heavy atom. The van der Waals surface area contributed by atoms with Gasteiger partial charge in [0.05, 0.1) is 19.7 Å². The van der Waals surface area contributed by atoms with Crippen LogP contribution >= 0.6 is 0 Å². The number of nitriles is 1.